The number of nitrogens with zero attached hydrogens (tertiary/aromatic N) is 1. The van der Waals surface area contributed by atoms with Crippen LogP contribution >= 0.6 is 11.3 Å². The average Bonchev–Trinajstić information content (AvgIpc) is 3.60. The molecule has 1 heterocycles. The lowest BCUT2D eigenvalue weighted by Crippen LogP contribution is -2.11. The van der Waals surface area contributed by atoms with E-state index >= 15 is 0 Å². The molecule has 0 aliphatic heterocycles. The molecule has 0 bridgehead atoms. The minimum Gasteiger partial charge on any atom is -0.310 e. The van der Waals surface area contributed by atoms with Gasteiger partial charge in [0.1, 0.15) is 0 Å². The average molecular weight is 686 g/mol. The molecule has 1 fully saturated rings. The van der Waals surface area contributed by atoms with Crippen molar-refractivity contribution in [3.8, 4) is 22.3 Å². The molecule has 52 heavy (non-hydrogen) atoms. The van der Waals surface area contributed by atoms with Crippen LogP contribution in [0.1, 0.15) is 43.6 Å². The van der Waals surface area contributed by atoms with Crippen molar-refractivity contribution in [3.63, 3.8) is 0 Å². The largest absolute Gasteiger partial charge is 0.310 e. The minimum atomic E-state index is 0.611. The van der Waals surface area contributed by atoms with E-state index in [0.29, 0.717) is 5.92 Å². The van der Waals surface area contributed by atoms with Crippen LogP contribution in [-0.4, -0.2) is 0 Å². The second-order valence-corrected chi connectivity index (χ2v) is 15.4. The van der Waals surface area contributed by atoms with Gasteiger partial charge in [-0.2, -0.15) is 0 Å². The number of thiophene rings is 1. The second-order valence-electron chi connectivity index (χ2n) is 14.3. The molecule has 1 aliphatic carbocycles. The fourth-order valence-electron chi connectivity index (χ4n) is 8.79. The van der Waals surface area contributed by atoms with Crippen molar-refractivity contribution in [1.29, 1.82) is 0 Å². The first-order chi connectivity index (χ1) is 25.8. The van der Waals surface area contributed by atoms with E-state index in [1.54, 1.807) is 0 Å². The minimum absolute atomic E-state index is 0.611. The first-order valence-corrected chi connectivity index (χ1v) is 19.5. The van der Waals surface area contributed by atoms with E-state index in [1.807, 2.05) is 11.3 Å². The summed E-state index contributed by atoms with van der Waals surface area (Å²) in [5.74, 6) is 0.611. The summed E-state index contributed by atoms with van der Waals surface area (Å²) in [4.78, 5) is 2.47. The second kappa shape index (κ2) is 13.1. The quantitative estimate of drug-likeness (QED) is 0.168. The van der Waals surface area contributed by atoms with Crippen LogP contribution in [-0.2, 0) is 0 Å². The lowest BCUT2D eigenvalue weighted by Gasteiger charge is -2.29. The van der Waals surface area contributed by atoms with Crippen molar-refractivity contribution in [2.45, 2.75) is 38.0 Å². The summed E-state index contributed by atoms with van der Waals surface area (Å²) in [7, 11) is 0. The van der Waals surface area contributed by atoms with Crippen LogP contribution in [0.15, 0.2) is 170 Å². The molecule has 9 aromatic rings. The Hall–Kier alpha value is -5.70. The molecule has 0 unspecified atom stereocenters. The fraction of sp³-hybridized carbons (Fsp3) is 0.120. The van der Waals surface area contributed by atoms with Crippen molar-refractivity contribution in [1.82, 2.24) is 0 Å². The summed E-state index contributed by atoms with van der Waals surface area (Å²) in [6.45, 7) is 0. The maximum Gasteiger partial charge on any atom is 0.0540 e. The van der Waals surface area contributed by atoms with Crippen molar-refractivity contribution in [2.75, 3.05) is 4.90 Å². The third-order valence-electron chi connectivity index (χ3n) is 11.2. The summed E-state index contributed by atoms with van der Waals surface area (Å²) in [5.41, 5.74) is 10.1. The smallest absolute Gasteiger partial charge is 0.0540 e. The molecule has 250 valence electrons. The van der Waals surface area contributed by atoms with E-state index in [-0.39, 0.29) is 0 Å². The zero-order chi connectivity index (χ0) is 34.4. The summed E-state index contributed by atoms with van der Waals surface area (Å²) >= 11 is 1.88. The standard InChI is InChI=1S/C50H39NS/c1-2-14-35(15-3-1)41-21-10-17-37-18-11-23-44(49(37)41)43-19-6-8-24-46(43)51(40-32-27-34-13-4-5-16-38(34)33-40)39-30-28-36(29-31-39)42-22-12-26-48-50(42)45-20-7-9-25-47(45)52-48/h4-13,16-33,35H,1-3,14-15H2. The Labute approximate surface area is 309 Å². The highest BCUT2D eigenvalue weighted by atomic mass is 32.1. The molecule has 2 heteroatoms. The van der Waals surface area contributed by atoms with E-state index < -0.39 is 0 Å². The van der Waals surface area contributed by atoms with Crippen molar-refractivity contribution >= 4 is 70.1 Å². The molecule has 1 aliphatic rings. The highest BCUT2D eigenvalue weighted by Gasteiger charge is 2.23. The third-order valence-corrected chi connectivity index (χ3v) is 12.4. The number of para-hydroxylation sites is 1. The molecule has 0 radical (unpaired) electrons. The highest BCUT2D eigenvalue weighted by molar-refractivity contribution is 7.25. The van der Waals surface area contributed by atoms with Gasteiger partial charge in [0.05, 0.1) is 5.69 Å². The zero-order valence-electron chi connectivity index (χ0n) is 29.1. The molecule has 1 aromatic heterocycles. The highest BCUT2D eigenvalue weighted by Crippen LogP contribution is 2.47. The fourth-order valence-corrected chi connectivity index (χ4v) is 9.93. The van der Waals surface area contributed by atoms with Gasteiger partial charge in [0.25, 0.3) is 0 Å². The number of hydrogen-bond acceptors (Lipinski definition) is 2. The molecule has 0 saturated heterocycles. The van der Waals surface area contributed by atoms with E-state index in [1.165, 1.54) is 107 Å². The van der Waals surface area contributed by atoms with Gasteiger partial charge < -0.3 is 4.90 Å². The van der Waals surface area contributed by atoms with Crippen LogP contribution in [0.4, 0.5) is 17.1 Å². The first kappa shape index (κ1) is 31.1. The SMILES string of the molecule is c1ccc(N(c2ccc(-c3cccc4sc5ccccc5c34)cc2)c2ccc3ccccc3c2)c(-c2cccc3cccc(C4CCCCC4)c23)c1. The Morgan fingerprint density at radius 2 is 1.10 bits per heavy atom. The van der Waals surface area contributed by atoms with E-state index in [9.17, 15) is 0 Å². The van der Waals surface area contributed by atoms with Gasteiger partial charge >= 0.3 is 0 Å². The lowest BCUT2D eigenvalue weighted by atomic mass is 9.80. The Morgan fingerprint density at radius 1 is 0.442 bits per heavy atom. The number of anilines is 3. The first-order valence-electron chi connectivity index (χ1n) is 18.7. The number of fused-ring (bicyclic) bond motifs is 5. The molecule has 1 saturated carbocycles. The molecule has 1 nitrogen and oxygen atoms in total. The van der Waals surface area contributed by atoms with Crippen molar-refractivity contribution < 1.29 is 0 Å². The topological polar surface area (TPSA) is 3.24 Å². The van der Waals surface area contributed by atoms with Gasteiger partial charge in [-0.3, -0.25) is 0 Å². The normalized spacial score (nSPS) is 13.7. The monoisotopic (exact) mass is 685 g/mol. The maximum absolute atomic E-state index is 2.47. The van der Waals surface area contributed by atoms with Gasteiger partial charge in [-0.25, -0.2) is 0 Å². The summed E-state index contributed by atoms with van der Waals surface area (Å²) in [6, 6.07) is 63.2. The molecule has 0 N–H and O–H groups in total. The van der Waals surface area contributed by atoms with E-state index in [2.05, 4.69) is 175 Å². The van der Waals surface area contributed by atoms with Gasteiger partial charge in [-0.15, -0.1) is 11.3 Å². The Morgan fingerprint density at radius 3 is 1.98 bits per heavy atom. The van der Waals surface area contributed by atoms with Crippen molar-refractivity contribution in [2.24, 2.45) is 0 Å². The zero-order valence-corrected chi connectivity index (χ0v) is 30.0. The van der Waals surface area contributed by atoms with E-state index in [0.717, 1.165) is 11.4 Å². The van der Waals surface area contributed by atoms with Crippen molar-refractivity contribution in [3.05, 3.63) is 175 Å². The summed E-state index contributed by atoms with van der Waals surface area (Å²) in [5, 5.41) is 7.90. The lowest BCUT2D eigenvalue weighted by molar-refractivity contribution is 0.445. The predicted octanol–water partition coefficient (Wildman–Crippen LogP) is 15.2. The number of hydrogen-bond donors (Lipinski definition) is 0. The van der Waals surface area contributed by atoms with Gasteiger partial charge in [0.15, 0.2) is 0 Å². The molecular weight excluding hydrogens is 647 g/mol. The van der Waals surface area contributed by atoms with Crippen LogP contribution in [0.3, 0.4) is 0 Å². The van der Waals surface area contributed by atoms with Gasteiger partial charge in [-0.05, 0) is 105 Å². The molecule has 0 atom stereocenters. The Balaban J connectivity index is 1.16. The van der Waals surface area contributed by atoms with Gasteiger partial charge in [-0.1, -0.05) is 147 Å². The molecule has 8 aromatic carbocycles. The van der Waals surface area contributed by atoms with Crippen LogP contribution in [0.2, 0.25) is 0 Å². The number of benzene rings is 8. The van der Waals surface area contributed by atoms with Crippen LogP contribution < -0.4 is 4.90 Å². The third kappa shape index (κ3) is 5.38. The van der Waals surface area contributed by atoms with Gasteiger partial charge in [0, 0.05) is 37.1 Å². The van der Waals surface area contributed by atoms with Crippen LogP contribution in [0.25, 0.3) is 64.0 Å². The van der Waals surface area contributed by atoms with Crippen LogP contribution in [0, 0.1) is 0 Å². The Kier molecular flexibility index (Phi) is 7.84. The maximum atomic E-state index is 2.47. The van der Waals surface area contributed by atoms with Crippen LogP contribution in [0.5, 0.6) is 0 Å². The number of rotatable bonds is 6. The Bertz CT molecular complexity index is 2720. The molecule has 0 amide bonds. The van der Waals surface area contributed by atoms with E-state index in [4.69, 9.17) is 0 Å². The van der Waals surface area contributed by atoms with Gasteiger partial charge in [0.2, 0.25) is 0 Å². The predicted molar refractivity (Wildman–Crippen MR) is 226 cm³/mol. The molecule has 0 spiro atoms. The summed E-state index contributed by atoms with van der Waals surface area (Å²) < 4.78 is 2.66. The molecular formula is C50H39NS. The molecule has 10 rings (SSSR count). The summed E-state index contributed by atoms with van der Waals surface area (Å²) in [6.07, 6.45) is 6.56.